The van der Waals surface area contributed by atoms with Crippen LogP contribution in [0.15, 0.2) is 39.7 Å². The maximum atomic E-state index is 11.8. The van der Waals surface area contributed by atoms with Crippen LogP contribution in [-0.4, -0.2) is 5.91 Å². The van der Waals surface area contributed by atoms with Gasteiger partial charge in [-0.3, -0.25) is 9.59 Å². The van der Waals surface area contributed by atoms with E-state index in [9.17, 15) is 9.59 Å². The zero-order valence-electron chi connectivity index (χ0n) is 10.6. The third kappa shape index (κ3) is 2.42. The molecule has 2 rings (SSSR count). The molecule has 0 saturated carbocycles. The quantitative estimate of drug-likeness (QED) is 0.840. The molecule has 4 heteroatoms. The van der Waals surface area contributed by atoms with Crippen LogP contribution in [0, 0.1) is 5.41 Å². The lowest BCUT2D eigenvalue weighted by molar-refractivity contribution is -0.123. The fraction of sp³-hybridized carbons (Fsp3) is 0.286. The molecule has 0 radical (unpaired) electrons. The highest BCUT2D eigenvalue weighted by Gasteiger charge is 2.21. The minimum atomic E-state index is -0.476. The van der Waals surface area contributed by atoms with Crippen molar-refractivity contribution in [2.45, 2.75) is 20.8 Å². The lowest BCUT2D eigenvalue weighted by atomic mass is 9.95. The van der Waals surface area contributed by atoms with Gasteiger partial charge in [0.2, 0.25) is 5.91 Å². The second-order valence-corrected chi connectivity index (χ2v) is 5.20. The first kappa shape index (κ1) is 12.4. The second-order valence-electron chi connectivity index (χ2n) is 5.20. The summed E-state index contributed by atoms with van der Waals surface area (Å²) < 4.78 is 5.21. The van der Waals surface area contributed by atoms with Crippen LogP contribution in [0.2, 0.25) is 0 Å². The number of fused-ring (bicyclic) bond motifs is 1. The summed E-state index contributed by atoms with van der Waals surface area (Å²) in [5.41, 5.74) is 0.511. The summed E-state index contributed by atoms with van der Waals surface area (Å²) in [6.07, 6.45) is 1.36. The minimum Gasteiger partial charge on any atom is -0.464 e. The third-order valence-corrected chi connectivity index (χ3v) is 2.60. The van der Waals surface area contributed by atoms with E-state index in [4.69, 9.17) is 4.42 Å². The van der Waals surface area contributed by atoms with Crippen molar-refractivity contribution in [3.8, 4) is 0 Å². The molecule has 4 nitrogen and oxygen atoms in total. The highest BCUT2D eigenvalue weighted by Crippen LogP contribution is 2.20. The molecule has 0 aliphatic heterocycles. The molecule has 0 bridgehead atoms. The van der Waals surface area contributed by atoms with Crippen LogP contribution in [-0.2, 0) is 4.79 Å². The molecule has 18 heavy (non-hydrogen) atoms. The van der Waals surface area contributed by atoms with Gasteiger partial charge in [-0.15, -0.1) is 0 Å². The number of anilines is 1. The summed E-state index contributed by atoms with van der Waals surface area (Å²) in [6, 6.07) is 6.38. The molecule has 94 valence electrons. The number of carbonyl (C=O) groups excluding carboxylic acids is 1. The lowest BCUT2D eigenvalue weighted by Gasteiger charge is -2.17. The van der Waals surface area contributed by atoms with Crippen molar-refractivity contribution in [3.63, 3.8) is 0 Å². The van der Waals surface area contributed by atoms with Crippen LogP contribution in [0.3, 0.4) is 0 Å². The summed E-state index contributed by atoms with van der Waals surface area (Å²) in [5, 5.41) is 3.24. The Bertz CT molecular complexity index is 650. The van der Waals surface area contributed by atoms with E-state index in [0.717, 1.165) is 0 Å². The van der Waals surface area contributed by atoms with E-state index in [1.807, 2.05) is 20.8 Å². The molecule has 0 unspecified atom stereocenters. The van der Waals surface area contributed by atoms with Crippen LogP contribution in [0.1, 0.15) is 20.8 Å². The maximum absolute atomic E-state index is 11.8. The summed E-state index contributed by atoms with van der Waals surface area (Å²) in [6.45, 7) is 5.49. The lowest BCUT2D eigenvalue weighted by Crippen LogP contribution is -2.27. The Labute approximate surface area is 105 Å². The van der Waals surface area contributed by atoms with Gasteiger partial charge in [0.1, 0.15) is 5.58 Å². The Morgan fingerprint density at radius 1 is 1.22 bits per heavy atom. The summed E-state index contributed by atoms with van der Waals surface area (Å²) in [7, 11) is 0. The molecule has 0 aliphatic rings. The number of carbonyl (C=O) groups is 1. The van der Waals surface area contributed by atoms with Gasteiger partial charge in [-0.1, -0.05) is 20.8 Å². The van der Waals surface area contributed by atoms with Crippen molar-refractivity contribution in [1.82, 2.24) is 0 Å². The van der Waals surface area contributed by atoms with Crippen molar-refractivity contribution in [2.75, 3.05) is 5.32 Å². The molecule has 1 aromatic heterocycles. The zero-order valence-corrected chi connectivity index (χ0v) is 10.6. The summed E-state index contributed by atoms with van der Waals surface area (Å²) in [4.78, 5) is 23.5. The van der Waals surface area contributed by atoms with E-state index < -0.39 is 5.41 Å². The highest BCUT2D eigenvalue weighted by molar-refractivity contribution is 5.96. The van der Waals surface area contributed by atoms with E-state index in [1.165, 1.54) is 12.3 Å². The number of amides is 1. The van der Waals surface area contributed by atoms with Crippen molar-refractivity contribution >= 4 is 22.6 Å². The van der Waals surface area contributed by atoms with Crippen molar-refractivity contribution in [1.29, 1.82) is 0 Å². The molecule has 0 atom stereocenters. The molecule has 1 heterocycles. The Hall–Kier alpha value is -2.10. The van der Waals surface area contributed by atoms with Gasteiger partial charge in [0.05, 0.1) is 11.6 Å². The predicted molar refractivity (Wildman–Crippen MR) is 70.6 cm³/mol. The normalized spacial score (nSPS) is 11.5. The van der Waals surface area contributed by atoms with E-state index in [1.54, 1.807) is 18.2 Å². The van der Waals surface area contributed by atoms with Crippen LogP contribution in [0.5, 0.6) is 0 Å². The average molecular weight is 245 g/mol. The van der Waals surface area contributed by atoms with Crippen LogP contribution in [0.25, 0.3) is 11.0 Å². The summed E-state index contributed by atoms with van der Waals surface area (Å²) in [5.74, 6) is -0.0952. The first-order valence-electron chi connectivity index (χ1n) is 5.71. The minimum absolute atomic E-state index is 0.0952. The van der Waals surface area contributed by atoms with E-state index in [-0.39, 0.29) is 11.3 Å². The Kier molecular flexibility index (Phi) is 2.95. The Morgan fingerprint density at radius 2 is 1.94 bits per heavy atom. The second kappa shape index (κ2) is 4.29. The van der Waals surface area contributed by atoms with E-state index in [2.05, 4.69) is 5.32 Å². The van der Waals surface area contributed by atoms with Crippen LogP contribution < -0.4 is 10.7 Å². The maximum Gasteiger partial charge on any atom is 0.229 e. The molecular formula is C14H15NO3. The van der Waals surface area contributed by atoms with Gasteiger partial charge in [-0.25, -0.2) is 0 Å². The summed E-state index contributed by atoms with van der Waals surface area (Å²) >= 11 is 0. The molecule has 1 amide bonds. The molecule has 2 aromatic rings. The number of hydrogen-bond acceptors (Lipinski definition) is 3. The van der Waals surface area contributed by atoms with Gasteiger partial charge < -0.3 is 9.73 Å². The smallest absolute Gasteiger partial charge is 0.229 e. The Morgan fingerprint density at radius 3 is 2.61 bits per heavy atom. The SMILES string of the molecule is CC(C)(C)C(=O)Nc1ccc2occc(=O)c2c1. The van der Waals surface area contributed by atoms with Gasteiger partial charge in [0, 0.05) is 17.2 Å². The van der Waals surface area contributed by atoms with Gasteiger partial charge >= 0.3 is 0 Å². The first-order chi connectivity index (χ1) is 8.38. The zero-order chi connectivity index (χ0) is 13.3. The molecular weight excluding hydrogens is 230 g/mol. The molecule has 0 saturated heterocycles. The fourth-order valence-electron chi connectivity index (χ4n) is 1.48. The van der Waals surface area contributed by atoms with Gasteiger partial charge in [0.25, 0.3) is 0 Å². The van der Waals surface area contributed by atoms with Crippen molar-refractivity contribution in [2.24, 2.45) is 5.41 Å². The molecule has 1 aromatic carbocycles. The van der Waals surface area contributed by atoms with Gasteiger partial charge in [-0.05, 0) is 18.2 Å². The third-order valence-electron chi connectivity index (χ3n) is 2.60. The monoisotopic (exact) mass is 245 g/mol. The number of rotatable bonds is 1. The number of benzene rings is 1. The molecule has 0 fully saturated rings. The van der Waals surface area contributed by atoms with Crippen molar-refractivity contribution < 1.29 is 9.21 Å². The molecule has 0 aliphatic carbocycles. The average Bonchev–Trinajstić information content (AvgIpc) is 2.29. The van der Waals surface area contributed by atoms with E-state index >= 15 is 0 Å². The highest BCUT2D eigenvalue weighted by atomic mass is 16.3. The number of hydrogen-bond donors (Lipinski definition) is 1. The predicted octanol–water partition coefficient (Wildman–Crippen LogP) is 2.78. The molecule has 1 N–H and O–H groups in total. The van der Waals surface area contributed by atoms with Gasteiger partial charge in [0.15, 0.2) is 5.43 Å². The van der Waals surface area contributed by atoms with Gasteiger partial charge in [-0.2, -0.15) is 0 Å². The van der Waals surface area contributed by atoms with Crippen LogP contribution >= 0.6 is 0 Å². The first-order valence-corrected chi connectivity index (χ1v) is 5.71. The Balaban J connectivity index is 2.39. The topological polar surface area (TPSA) is 59.3 Å². The number of nitrogens with one attached hydrogen (secondary N) is 1. The van der Waals surface area contributed by atoms with E-state index in [0.29, 0.717) is 16.7 Å². The standard InChI is InChI=1S/C14H15NO3/c1-14(2,3)13(17)15-9-4-5-12-10(8-9)11(16)6-7-18-12/h4-8H,1-3H3,(H,15,17). The molecule has 0 spiro atoms. The fourth-order valence-corrected chi connectivity index (χ4v) is 1.48. The van der Waals surface area contributed by atoms with Crippen LogP contribution in [0.4, 0.5) is 5.69 Å². The largest absolute Gasteiger partial charge is 0.464 e. The van der Waals surface area contributed by atoms with Crippen molar-refractivity contribution in [3.05, 3.63) is 40.8 Å².